The first-order valence-electron chi connectivity index (χ1n) is 7.40. The molecule has 0 spiro atoms. The van der Waals surface area contributed by atoms with Gasteiger partial charge in [0.05, 0.1) is 6.10 Å². The molecule has 0 amide bonds. The van der Waals surface area contributed by atoms with Gasteiger partial charge in [-0.2, -0.15) is 9.97 Å². The Labute approximate surface area is 120 Å². The zero-order valence-electron chi connectivity index (χ0n) is 12.4. The summed E-state index contributed by atoms with van der Waals surface area (Å²) >= 11 is 0. The highest BCUT2D eigenvalue weighted by Gasteiger charge is 2.17. The molecular weight excluding hydrogens is 254 g/mol. The SMILES string of the molecule is CCCNc1cc(N(C)CC2CCCCO2)nc(N)n1. The summed E-state index contributed by atoms with van der Waals surface area (Å²) in [5.74, 6) is 1.92. The molecule has 1 aromatic rings. The van der Waals surface area contributed by atoms with Gasteiger partial charge in [-0.25, -0.2) is 0 Å². The third-order valence-electron chi connectivity index (χ3n) is 3.43. The smallest absolute Gasteiger partial charge is 0.223 e. The molecule has 1 unspecified atom stereocenters. The molecule has 1 saturated heterocycles. The van der Waals surface area contributed by atoms with Gasteiger partial charge < -0.3 is 20.7 Å². The minimum Gasteiger partial charge on any atom is -0.376 e. The van der Waals surface area contributed by atoms with Crippen LogP contribution < -0.4 is 16.0 Å². The summed E-state index contributed by atoms with van der Waals surface area (Å²) in [6, 6.07) is 1.94. The van der Waals surface area contributed by atoms with E-state index in [1.807, 2.05) is 13.1 Å². The lowest BCUT2D eigenvalue weighted by Gasteiger charge is -2.28. The Morgan fingerprint density at radius 2 is 2.30 bits per heavy atom. The third kappa shape index (κ3) is 4.23. The van der Waals surface area contributed by atoms with E-state index in [0.29, 0.717) is 5.95 Å². The fraction of sp³-hybridized carbons (Fsp3) is 0.714. The molecule has 2 heterocycles. The van der Waals surface area contributed by atoms with Crippen LogP contribution in [0.1, 0.15) is 32.6 Å². The van der Waals surface area contributed by atoms with Crippen LogP contribution in [0.2, 0.25) is 0 Å². The molecule has 20 heavy (non-hydrogen) atoms. The highest BCUT2D eigenvalue weighted by atomic mass is 16.5. The van der Waals surface area contributed by atoms with Crippen molar-refractivity contribution >= 4 is 17.6 Å². The van der Waals surface area contributed by atoms with E-state index in [9.17, 15) is 0 Å². The first kappa shape index (κ1) is 14.8. The number of anilines is 3. The molecule has 3 N–H and O–H groups in total. The molecule has 112 valence electrons. The van der Waals surface area contributed by atoms with Crippen molar-refractivity contribution in [1.82, 2.24) is 9.97 Å². The molecule has 0 bridgehead atoms. The van der Waals surface area contributed by atoms with Crippen LogP contribution in [0.3, 0.4) is 0 Å². The number of ether oxygens (including phenoxy) is 1. The van der Waals surface area contributed by atoms with Crippen molar-refractivity contribution in [3.05, 3.63) is 6.07 Å². The topological polar surface area (TPSA) is 76.3 Å². The Hall–Kier alpha value is -1.56. The van der Waals surface area contributed by atoms with Crippen molar-refractivity contribution in [2.24, 2.45) is 0 Å². The van der Waals surface area contributed by atoms with E-state index >= 15 is 0 Å². The summed E-state index contributed by atoms with van der Waals surface area (Å²) in [5, 5.41) is 3.25. The largest absolute Gasteiger partial charge is 0.376 e. The summed E-state index contributed by atoms with van der Waals surface area (Å²) in [4.78, 5) is 10.6. The highest BCUT2D eigenvalue weighted by molar-refractivity contribution is 5.52. The summed E-state index contributed by atoms with van der Waals surface area (Å²) in [5.41, 5.74) is 5.78. The molecule has 2 rings (SSSR count). The van der Waals surface area contributed by atoms with Gasteiger partial charge in [0.2, 0.25) is 5.95 Å². The van der Waals surface area contributed by atoms with Gasteiger partial charge in [-0.05, 0) is 25.7 Å². The molecular formula is C14H25N5O. The van der Waals surface area contributed by atoms with Gasteiger partial charge >= 0.3 is 0 Å². The van der Waals surface area contributed by atoms with Crippen LogP contribution in [0, 0.1) is 0 Å². The van der Waals surface area contributed by atoms with E-state index in [4.69, 9.17) is 10.5 Å². The number of rotatable bonds is 6. The molecule has 1 aliphatic heterocycles. The van der Waals surface area contributed by atoms with E-state index in [1.54, 1.807) is 0 Å². The second-order valence-electron chi connectivity index (χ2n) is 5.27. The van der Waals surface area contributed by atoms with Crippen molar-refractivity contribution in [3.8, 4) is 0 Å². The predicted molar refractivity (Wildman–Crippen MR) is 82.1 cm³/mol. The summed E-state index contributed by atoms with van der Waals surface area (Å²) in [6.07, 6.45) is 4.87. The lowest BCUT2D eigenvalue weighted by molar-refractivity contribution is 0.0215. The predicted octanol–water partition coefficient (Wildman–Crippen LogP) is 1.89. The zero-order chi connectivity index (χ0) is 14.4. The van der Waals surface area contributed by atoms with E-state index in [2.05, 4.69) is 27.1 Å². The number of nitrogen functional groups attached to an aromatic ring is 1. The maximum atomic E-state index is 5.78. The molecule has 6 heteroatoms. The molecule has 0 aromatic carbocycles. The lowest BCUT2D eigenvalue weighted by atomic mass is 10.1. The van der Waals surface area contributed by atoms with E-state index in [0.717, 1.165) is 44.2 Å². The maximum absolute atomic E-state index is 5.78. The molecule has 0 aliphatic carbocycles. The van der Waals surface area contributed by atoms with Gasteiger partial charge in [-0.3, -0.25) is 0 Å². The number of hydrogen-bond donors (Lipinski definition) is 2. The number of likely N-dealkylation sites (N-methyl/N-ethyl adjacent to an activating group) is 1. The summed E-state index contributed by atoms with van der Waals surface area (Å²) in [7, 11) is 2.02. The Morgan fingerprint density at radius 3 is 3.00 bits per heavy atom. The molecule has 0 radical (unpaired) electrons. The average Bonchev–Trinajstić information content (AvgIpc) is 2.45. The van der Waals surface area contributed by atoms with Gasteiger partial charge in [-0.15, -0.1) is 0 Å². The highest BCUT2D eigenvalue weighted by Crippen LogP contribution is 2.19. The first-order valence-corrected chi connectivity index (χ1v) is 7.40. The van der Waals surface area contributed by atoms with Crippen molar-refractivity contribution in [2.45, 2.75) is 38.7 Å². The number of hydrogen-bond acceptors (Lipinski definition) is 6. The number of nitrogens with zero attached hydrogens (tertiary/aromatic N) is 3. The quantitative estimate of drug-likeness (QED) is 0.828. The van der Waals surface area contributed by atoms with Crippen molar-refractivity contribution in [2.75, 3.05) is 42.7 Å². The maximum Gasteiger partial charge on any atom is 0.223 e. The second kappa shape index (κ2) is 7.28. The molecule has 6 nitrogen and oxygen atoms in total. The normalized spacial score (nSPS) is 18.8. The average molecular weight is 279 g/mol. The summed E-state index contributed by atoms with van der Waals surface area (Å²) in [6.45, 7) is 4.70. The molecule has 1 atom stereocenters. The standard InChI is InChI=1S/C14H25N5O/c1-3-7-16-12-9-13(18-14(15)17-12)19(2)10-11-6-4-5-8-20-11/h9,11H,3-8,10H2,1-2H3,(H3,15,16,17,18). The Balaban J connectivity index is 2.00. The Bertz CT molecular complexity index is 420. The third-order valence-corrected chi connectivity index (χ3v) is 3.43. The van der Waals surface area contributed by atoms with Crippen LogP contribution in [0.4, 0.5) is 17.6 Å². The van der Waals surface area contributed by atoms with Crippen molar-refractivity contribution in [1.29, 1.82) is 0 Å². The fourth-order valence-electron chi connectivity index (χ4n) is 2.34. The lowest BCUT2D eigenvalue weighted by Crippen LogP contribution is -2.34. The molecule has 1 aliphatic rings. The first-order chi connectivity index (χ1) is 9.69. The van der Waals surface area contributed by atoms with Crippen LogP contribution in [-0.2, 0) is 4.74 Å². The van der Waals surface area contributed by atoms with E-state index in [1.165, 1.54) is 12.8 Å². The van der Waals surface area contributed by atoms with Gasteiger partial charge in [0.1, 0.15) is 11.6 Å². The van der Waals surface area contributed by atoms with Crippen LogP contribution in [-0.4, -0.2) is 42.8 Å². The molecule has 1 fully saturated rings. The number of nitrogens with one attached hydrogen (secondary N) is 1. The number of nitrogens with two attached hydrogens (primary N) is 1. The number of aromatic nitrogens is 2. The van der Waals surface area contributed by atoms with Gasteiger partial charge in [0.15, 0.2) is 0 Å². The van der Waals surface area contributed by atoms with Crippen molar-refractivity contribution in [3.63, 3.8) is 0 Å². The molecule has 0 saturated carbocycles. The van der Waals surface area contributed by atoms with Crippen LogP contribution >= 0.6 is 0 Å². The summed E-state index contributed by atoms with van der Waals surface area (Å²) < 4.78 is 5.76. The van der Waals surface area contributed by atoms with Gasteiger partial charge in [-0.1, -0.05) is 6.92 Å². The van der Waals surface area contributed by atoms with E-state index < -0.39 is 0 Å². The van der Waals surface area contributed by atoms with Gasteiger partial charge in [0, 0.05) is 32.8 Å². The van der Waals surface area contributed by atoms with Gasteiger partial charge in [0.25, 0.3) is 0 Å². The minimum atomic E-state index is 0.289. The molecule has 1 aromatic heterocycles. The van der Waals surface area contributed by atoms with Crippen LogP contribution in [0.25, 0.3) is 0 Å². The van der Waals surface area contributed by atoms with E-state index in [-0.39, 0.29) is 6.10 Å². The Kier molecular flexibility index (Phi) is 5.40. The zero-order valence-corrected chi connectivity index (χ0v) is 12.4. The Morgan fingerprint density at radius 1 is 1.45 bits per heavy atom. The monoisotopic (exact) mass is 279 g/mol. The fourth-order valence-corrected chi connectivity index (χ4v) is 2.34. The minimum absolute atomic E-state index is 0.289. The van der Waals surface area contributed by atoms with Crippen LogP contribution in [0.15, 0.2) is 6.07 Å². The second-order valence-corrected chi connectivity index (χ2v) is 5.27. The van der Waals surface area contributed by atoms with Crippen LogP contribution in [0.5, 0.6) is 0 Å². The van der Waals surface area contributed by atoms with Crippen molar-refractivity contribution < 1.29 is 4.74 Å².